The second-order valence-corrected chi connectivity index (χ2v) is 9.52. The first-order valence-corrected chi connectivity index (χ1v) is 13.8. The van der Waals surface area contributed by atoms with E-state index in [2.05, 4.69) is 31.9 Å². The average molecular weight is 597 g/mol. The molecule has 10 N–H and O–H groups in total. The van der Waals surface area contributed by atoms with E-state index < -0.39 is 60.6 Å². The minimum atomic E-state index is -1.56. The van der Waals surface area contributed by atoms with Gasteiger partial charge in [-0.2, -0.15) is 0 Å². The second kappa shape index (κ2) is 20.3. The first-order chi connectivity index (χ1) is 20.0. The van der Waals surface area contributed by atoms with Crippen molar-refractivity contribution in [1.29, 1.82) is 0 Å². The van der Waals surface area contributed by atoms with Crippen molar-refractivity contribution < 1.29 is 44.4 Å². The van der Waals surface area contributed by atoms with Crippen molar-refractivity contribution in [3.8, 4) is 0 Å². The van der Waals surface area contributed by atoms with Gasteiger partial charge in [-0.15, -0.1) is 0 Å². The van der Waals surface area contributed by atoms with E-state index in [0.717, 1.165) is 5.56 Å². The summed E-state index contributed by atoms with van der Waals surface area (Å²) >= 11 is 0. The van der Waals surface area contributed by atoms with E-state index in [9.17, 15) is 39.3 Å². The number of hydrogen-bond donors (Lipinski definition) is 10. The van der Waals surface area contributed by atoms with E-state index in [-0.39, 0.29) is 51.3 Å². The van der Waals surface area contributed by atoms with Crippen LogP contribution in [0, 0.1) is 0 Å². The maximum atomic E-state index is 12.7. The van der Waals surface area contributed by atoms with Crippen molar-refractivity contribution in [2.75, 3.05) is 39.8 Å². The number of aliphatic hydroxyl groups excluding tert-OH is 4. The van der Waals surface area contributed by atoms with Gasteiger partial charge in [0.2, 0.25) is 29.5 Å². The van der Waals surface area contributed by atoms with Crippen LogP contribution in [-0.4, -0.2) is 120 Å². The highest BCUT2D eigenvalue weighted by atomic mass is 16.4. The van der Waals surface area contributed by atoms with Crippen LogP contribution in [0.25, 0.3) is 0 Å². The maximum Gasteiger partial charge on any atom is 0.243 e. The Hall–Kier alpha value is -3.63. The molecule has 1 aromatic carbocycles. The molecule has 0 heterocycles. The van der Waals surface area contributed by atoms with Crippen molar-refractivity contribution in [2.45, 2.75) is 63.0 Å². The van der Waals surface area contributed by atoms with E-state index in [0.29, 0.717) is 6.54 Å². The van der Waals surface area contributed by atoms with Crippen molar-refractivity contribution in [1.82, 2.24) is 31.9 Å². The van der Waals surface area contributed by atoms with Gasteiger partial charge in [-0.1, -0.05) is 30.3 Å². The van der Waals surface area contributed by atoms with Gasteiger partial charge in [-0.25, -0.2) is 0 Å². The van der Waals surface area contributed by atoms with Crippen LogP contribution in [0.1, 0.15) is 31.7 Å². The monoisotopic (exact) mass is 596 g/mol. The minimum Gasteiger partial charge on any atom is -0.396 e. The van der Waals surface area contributed by atoms with Crippen LogP contribution in [0.15, 0.2) is 30.3 Å². The van der Waals surface area contributed by atoms with E-state index >= 15 is 0 Å². The van der Waals surface area contributed by atoms with Gasteiger partial charge in [-0.3, -0.25) is 24.0 Å². The number of benzene rings is 1. The van der Waals surface area contributed by atoms with E-state index in [1.165, 1.54) is 7.05 Å². The molecule has 1 aromatic rings. The highest BCUT2D eigenvalue weighted by Gasteiger charge is 2.26. The van der Waals surface area contributed by atoms with Gasteiger partial charge in [0.1, 0.15) is 12.1 Å². The Morgan fingerprint density at radius 2 is 1.38 bits per heavy atom. The van der Waals surface area contributed by atoms with E-state index in [4.69, 9.17) is 5.11 Å². The average Bonchev–Trinajstić information content (AvgIpc) is 2.97. The standard InChI is InChI=1S/C27H44N6O9/c1-3-29-23(38)15-31-27(42)19(13-17-7-5-4-6-8-17)33-24(39)16-32-26(41)18(28-2)9-10-22(37)30-14-21(36)25(40)20(35)11-12-34/h4-8,18-21,25,28,34-36,40H,3,9-16H2,1-2H3,(H,29,38)(H,30,37)(H,31,42)(H,32,41)(H,33,39). The van der Waals surface area contributed by atoms with Crippen molar-refractivity contribution in [2.24, 2.45) is 0 Å². The molecule has 15 nitrogen and oxygen atoms in total. The lowest BCUT2D eigenvalue weighted by molar-refractivity contribution is -0.131. The number of rotatable bonds is 20. The SMILES string of the molecule is CCNC(=O)CNC(=O)C(Cc1ccccc1)NC(=O)CNC(=O)C(CCC(=O)NCC(O)C(O)C(O)CCO)NC. The van der Waals surface area contributed by atoms with Gasteiger partial charge in [-0.05, 0) is 32.4 Å². The lowest BCUT2D eigenvalue weighted by Gasteiger charge is -2.23. The third-order valence-electron chi connectivity index (χ3n) is 6.20. The summed E-state index contributed by atoms with van der Waals surface area (Å²) in [4.78, 5) is 61.8. The Morgan fingerprint density at radius 3 is 1.98 bits per heavy atom. The summed E-state index contributed by atoms with van der Waals surface area (Å²) in [6, 6.07) is 7.11. The number of hydrogen-bond acceptors (Lipinski definition) is 10. The Balaban J connectivity index is 2.59. The van der Waals surface area contributed by atoms with Gasteiger partial charge < -0.3 is 52.3 Å². The molecule has 5 unspecified atom stereocenters. The van der Waals surface area contributed by atoms with Gasteiger partial charge in [0.15, 0.2) is 0 Å². The largest absolute Gasteiger partial charge is 0.396 e. The Morgan fingerprint density at radius 1 is 0.762 bits per heavy atom. The lowest BCUT2D eigenvalue weighted by Crippen LogP contribution is -2.53. The zero-order valence-corrected chi connectivity index (χ0v) is 24.0. The van der Waals surface area contributed by atoms with Crippen molar-refractivity contribution in [3.63, 3.8) is 0 Å². The molecule has 0 saturated carbocycles. The Kier molecular flexibility index (Phi) is 17.6. The fraction of sp³-hybridized carbons (Fsp3) is 0.593. The van der Waals surface area contributed by atoms with E-state index in [1.54, 1.807) is 31.2 Å². The van der Waals surface area contributed by atoms with Gasteiger partial charge in [0.05, 0.1) is 31.3 Å². The molecule has 0 aliphatic heterocycles. The molecule has 0 saturated heterocycles. The third-order valence-corrected chi connectivity index (χ3v) is 6.20. The highest BCUT2D eigenvalue weighted by Crippen LogP contribution is 2.05. The van der Waals surface area contributed by atoms with Crippen LogP contribution in [0.3, 0.4) is 0 Å². The molecule has 5 amide bonds. The van der Waals surface area contributed by atoms with Crippen LogP contribution in [-0.2, 0) is 30.4 Å². The molecule has 42 heavy (non-hydrogen) atoms. The van der Waals surface area contributed by atoms with Gasteiger partial charge in [0, 0.05) is 32.5 Å². The number of amides is 5. The maximum absolute atomic E-state index is 12.7. The minimum absolute atomic E-state index is 0.0421. The number of carbonyl (C=O) groups is 5. The fourth-order valence-corrected chi connectivity index (χ4v) is 3.81. The number of nitrogens with one attached hydrogen (secondary N) is 6. The highest BCUT2D eigenvalue weighted by molar-refractivity contribution is 5.92. The molecule has 0 aliphatic rings. The molecule has 15 heteroatoms. The van der Waals surface area contributed by atoms with Gasteiger partial charge >= 0.3 is 0 Å². The topological polar surface area (TPSA) is 238 Å². The molecular formula is C27H44N6O9. The van der Waals surface area contributed by atoms with Crippen LogP contribution in [0.5, 0.6) is 0 Å². The molecule has 0 fully saturated rings. The van der Waals surface area contributed by atoms with Crippen LogP contribution >= 0.6 is 0 Å². The lowest BCUT2D eigenvalue weighted by atomic mass is 10.1. The summed E-state index contributed by atoms with van der Waals surface area (Å²) in [6.07, 6.45) is -4.44. The third kappa shape index (κ3) is 14.3. The van der Waals surface area contributed by atoms with Gasteiger partial charge in [0.25, 0.3) is 0 Å². The van der Waals surface area contributed by atoms with E-state index in [1.807, 2.05) is 6.07 Å². The molecule has 236 valence electrons. The van der Waals surface area contributed by atoms with Crippen molar-refractivity contribution >= 4 is 29.5 Å². The predicted octanol–water partition coefficient (Wildman–Crippen LogP) is -3.97. The summed E-state index contributed by atoms with van der Waals surface area (Å²) in [5.74, 6) is -2.67. The fourth-order valence-electron chi connectivity index (χ4n) is 3.81. The summed E-state index contributed by atoms with van der Waals surface area (Å²) in [5.41, 5.74) is 0.775. The number of carbonyl (C=O) groups excluding carboxylic acids is 5. The quantitative estimate of drug-likeness (QED) is 0.0700. The normalized spacial score (nSPS) is 14.4. The molecule has 0 aromatic heterocycles. The first kappa shape index (κ1) is 36.4. The molecule has 5 atom stereocenters. The molecule has 0 spiro atoms. The summed E-state index contributed by atoms with van der Waals surface area (Å²) in [6.45, 7) is 0.718. The summed E-state index contributed by atoms with van der Waals surface area (Å²) in [7, 11) is 1.50. The van der Waals surface area contributed by atoms with Crippen molar-refractivity contribution in [3.05, 3.63) is 35.9 Å². The second-order valence-electron chi connectivity index (χ2n) is 9.52. The molecule has 1 rings (SSSR count). The Bertz CT molecular complexity index is 998. The zero-order valence-electron chi connectivity index (χ0n) is 24.0. The zero-order chi connectivity index (χ0) is 31.5. The Labute approximate surface area is 244 Å². The smallest absolute Gasteiger partial charge is 0.243 e. The molecule has 0 radical (unpaired) electrons. The molecule has 0 bridgehead atoms. The van der Waals surface area contributed by atoms with Crippen LogP contribution in [0.4, 0.5) is 0 Å². The summed E-state index contributed by atoms with van der Waals surface area (Å²) in [5, 5.41) is 53.3. The molecule has 0 aliphatic carbocycles. The van der Waals surface area contributed by atoms with Crippen LogP contribution < -0.4 is 31.9 Å². The predicted molar refractivity (Wildman–Crippen MR) is 152 cm³/mol. The number of aliphatic hydroxyl groups is 4. The summed E-state index contributed by atoms with van der Waals surface area (Å²) < 4.78 is 0. The van der Waals surface area contributed by atoms with Crippen LogP contribution in [0.2, 0.25) is 0 Å². The number of likely N-dealkylation sites (N-methyl/N-ethyl adjacent to an activating group) is 2. The first-order valence-electron chi connectivity index (χ1n) is 13.8. The molecular weight excluding hydrogens is 552 g/mol.